The second kappa shape index (κ2) is 7.42. The quantitative estimate of drug-likeness (QED) is 0.712. The van der Waals surface area contributed by atoms with E-state index in [1.54, 1.807) is 0 Å². The molecule has 0 aliphatic carbocycles. The predicted molar refractivity (Wildman–Crippen MR) is 105 cm³/mol. The highest BCUT2D eigenvalue weighted by Gasteiger charge is 2.19. The lowest BCUT2D eigenvalue weighted by molar-refractivity contribution is 0.271. The summed E-state index contributed by atoms with van der Waals surface area (Å²) in [7, 11) is 0. The van der Waals surface area contributed by atoms with E-state index in [9.17, 15) is 0 Å². The van der Waals surface area contributed by atoms with Crippen molar-refractivity contribution in [1.29, 1.82) is 0 Å². The molecular formula is C22H26N4. The smallest absolute Gasteiger partial charge is 0.164 e. The van der Waals surface area contributed by atoms with E-state index in [-0.39, 0.29) is 0 Å². The van der Waals surface area contributed by atoms with Crippen LogP contribution < -0.4 is 0 Å². The summed E-state index contributed by atoms with van der Waals surface area (Å²) < 4.78 is 2.29. The van der Waals surface area contributed by atoms with Crippen LogP contribution in [-0.2, 0) is 19.5 Å². The van der Waals surface area contributed by atoms with Gasteiger partial charge in [-0.3, -0.25) is 4.90 Å². The van der Waals surface area contributed by atoms with Crippen molar-refractivity contribution in [2.75, 3.05) is 13.1 Å². The molecule has 0 N–H and O–H groups in total. The Bertz CT molecular complexity index is 850. The summed E-state index contributed by atoms with van der Waals surface area (Å²) in [6, 6.07) is 19.4. The van der Waals surface area contributed by atoms with Gasteiger partial charge in [0.15, 0.2) is 5.82 Å². The number of hydrogen-bond acceptors (Lipinski definition) is 3. The number of hydrogen-bond donors (Lipinski definition) is 0. The number of benzene rings is 2. The zero-order chi connectivity index (χ0) is 17.9. The van der Waals surface area contributed by atoms with E-state index >= 15 is 0 Å². The first-order valence-electron chi connectivity index (χ1n) is 9.49. The third kappa shape index (κ3) is 3.56. The number of rotatable bonds is 4. The summed E-state index contributed by atoms with van der Waals surface area (Å²) in [4.78, 5) is 2.52. The van der Waals surface area contributed by atoms with Gasteiger partial charge < -0.3 is 4.57 Å². The van der Waals surface area contributed by atoms with Gasteiger partial charge in [-0.25, -0.2) is 0 Å². The van der Waals surface area contributed by atoms with Gasteiger partial charge in [0, 0.05) is 38.2 Å². The molecule has 26 heavy (non-hydrogen) atoms. The normalized spacial score (nSPS) is 15.0. The molecule has 0 fully saturated rings. The highest BCUT2D eigenvalue weighted by atomic mass is 15.3. The maximum absolute atomic E-state index is 4.45. The van der Waals surface area contributed by atoms with Crippen LogP contribution in [0.15, 0.2) is 54.6 Å². The maximum Gasteiger partial charge on any atom is 0.164 e. The lowest BCUT2D eigenvalue weighted by Gasteiger charge is -2.20. The second-order valence-electron chi connectivity index (χ2n) is 7.38. The molecule has 0 radical (unpaired) electrons. The number of fused-ring (bicyclic) bond motifs is 1. The average Bonchev–Trinajstić information content (AvgIpc) is 2.98. The Morgan fingerprint density at radius 1 is 0.885 bits per heavy atom. The van der Waals surface area contributed by atoms with E-state index in [2.05, 4.69) is 82.0 Å². The zero-order valence-corrected chi connectivity index (χ0v) is 15.6. The molecule has 0 spiro atoms. The van der Waals surface area contributed by atoms with Gasteiger partial charge in [0.1, 0.15) is 5.82 Å². The number of nitrogens with zero attached hydrogens (tertiary/aromatic N) is 4. The molecule has 0 unspecified atom stereocenters. The van der Waals surface area contributed by atoms with Gasteiger partial charge in [-0.15, -0.1) is 10.2 Å². The van der Waals surface area contributed by atoms with Crippen LogP contribution >= 0.6 is 0 Å². The fourth-order valence-corrected chi connectivity index (χ4v) is 3.59. The molecular weight excluding hydrogens is 320 g/mol. The van der Waals surface area contributed by atoms with Crippen molar-refractivity contribution in [2.24, 2.45) is 0 Å². The molecule has 2 heterocycles. The van der Waals surface area contributed by atoms with Crippen LogP contribution in [0.1, 0.15) is 36.7 Å². The first kappa shape index (κ1) is 17.0. The molecule has 0 atom stereocenters. The fourth-order valence-electron chi connectivity index (χ4n) is 3.59. The molecule has 0 saturated carbocycles. The van der Waals surface area contributed by atoms with Crippen LogP contribution in [0.5, 0.6) is 0 Å². The van der Waals surface area contributed by atoms with E-state index in [4.69, 9.17) is 0 Å². The molecule has 1 aliphatic rings. The third-order valence-electron chi connectivity index (χ3n) is 5.20. The van der Waals surface area contributed by atoms with Gasteiger partial charge in [0.2, 0.25) is 0 Å². The fraction of sp³-hybridized carbons (Fsp3) is 0.364. The van der Waals surface area contributed by atoms with E-state index < -0.39 is 0 Å². The highest BCUT2D eigenvalue weighted by molar-refractivity contribution is 5.55. The van der Waals surface area contributed by atoms with E-state index in [0.717, 1.165) is 49.8 Å². The van der Waals surface area contributed by atoms with Gasteiger partial charge in [0.05, 0.1) is 0 Å². The highest BCUT2D eigenvalue weighted by Crippen LogP contribution is 2.21. The van der Waals surface area contributed by atoms with Crippen molar-refractivity contribution in [3.05, 3.63) is 71.5 Å². The Hall–Kier alpha value is -2.46. The van der Waals surface area contributed by atoms with Crippen molar-refractivity contribution in [3.63, 3.8) is 0 Å². The summed E-state index contributed by atoms with van der Waals surface area (Å²) in [6.07, 6.45) is 0.948. The molecule has 0 saturated heterocycles. The molecule has 4 rings (SSSR count). The van der Waals surface area contributed by atoms with Gasteiger partial charge in [0.25, 0.3) is 0 Å². The standard InChI is InChI=1S/C22H26N4/c1-17(2)19-10-8-18(9-11-19)16-25-13-12-21-23-24-22(26(21)15-14-25)20-6-4-3-5-7-20/h3-11,17H,12-16H2,1-2H3. The maximum atomic E-state index is 4.45. The molecule has 1 aliphatic heterocycles. The lowest BCUT2D eigenvalue weighted by atomic mass is 10.0. The largest absolute Gasteiger partial charge is 0.310 e. The molecule has 0 amide bonds. The van der Waals surface area contributed by atoms with Gasteiger partial charge in [-0.1, -0.05) is 68.4 Å². The molecule has 134 valence electrons. The van der Waals surface area contributed by atoms with Crippen LogP contribution in [-0.4, -0.2) is 32.8 Å². The summed E-state index contributed by atoms with van der Waals surface area (Å²) in [5.74, 6) is 2.67. The van der Waals surface area contributed by atoms with Crippen molar-refractivity contribution in [1.82, 2.24) is 19.7 Å². The van der Waals surface area contributed by atoms with Crippen LogP contribution in [0.4, 0.5) is 0 Å². The van der Waals surface area contributed by atoms with Crippen LogP contribution in [0.3, 0.4) is 0 Å². The Morgan fingerprint density at radius 2 is 1.65 bits per heavy atom. The SMILES string of the molecule is CC(C)c1ccc(CN2CCc3nnc(-c4ccccc4)n3CC2)cc1. The number of aromatic nitrogens is 3. The summed E-state index contributed by atoms with van der Waals surface area (Å²) >= 11 is 0. The van der Waals surface area contributed by atoms with Gasteiger partial charge in [-0.2, -0.15) is 0 Å². The molecule has 0 bridgehead atoms. The van der Waals surface area contributed by atoms with Crippen molar-refractivity contribution >= 4 is 0 Å². The predicted octanol–water partition coefficient (Wildman–Crippen LogP) is 4.13. The van der Waals surface area contributed by atoms with Gasteiger partial charge >= 0.3 is 0 Å². The van der Waals surface area contributed by atoms with Gasteiger partial charge in [-0.05, 0) is 17.0 Å². The molecule has 4 heteroatoms. The van der Waals surface area contributed by atoms with Crippen molar-refractivity contribution in [2.45, 2.75) is 39.3 Å². The van der Waals surface area contributed by atoms with E-state index in [1.807, 2.05) is 6.07 Å². The summed E-state index contributed by atoms with van der Waals surface area (Å²) in [5, 5.41) is 8.89. The van der Waals surface area contributed by atoms with Crippen LogP contribution in [0.25, 0.3) is 11.4 Å². The van der Waals surface area contributed by atoms with E-state index in [1.165, 1.54) is 11.1 Å². The Labute approximate surface area is 155 Å². The molecule has 4 nitrogen and oxygen atoms in total. The lowest BCUT2D eigenvalue weighted by Crippen LogP contribution is -2.26. The average molecular weight is 346 g/mol. The second-order valence-corrected chi connectivity index (χ2v) is 7.38. The minimum atomic E-state index is 0.586. The first-order valence-corrected chi connectivity index (χ1v) is 9.49. The monoisotopic (exact) mass is 346 g/mol. The Morgan fingerprint density at radius 3 is 2.38 bits per heavy atom. The molecule has 1 aromatic heterocycles. The first-order chi connectivity index (χ1) is 12.7. The topological polar surface area (TPSA) is 34.0 Å². The third-order valence-corrected chi connectivity index (χ3v) is 5.20. The van der Waals surface area contributed by atoms with Crippen molar-refractivity contribution < 1.29 is 0 Å². The molecule has 2 aromatic carbocycles. The van der Waals surface area contributed by atoms with Crippen molar-refractivity contribution in [3.8, 4) is 11.4 Å². The van der Waals surface area contributed by atoms with Crippen LogP contribution in [0.2, 0.25) is 0 Å². The summed E-state index contributed by atoms with van der Waals surface area (Å²) in [5.41, 5.74) is 3.93. The van der Waals surface area contributed by atoms with E-state index in [0.29, 0.717) is 5.92 Å². The minimum absolute atomic E-state index is 0.586. The zero-order valence-electron chi connectivity index (χ0n) is 15.6. The van der Waals surface area contributed by atoms with Crippen LogP contribution in [0, 0.1) is 0 Å². The molecule has 3 aromatic rings. The minimum Gasteiger partial charge on any atom is -0.310 e. The Kier molecular flexibility index (Phi) is 4.85. The summed E-state index contributed by atoms with van der Waals surface area (Å²) in [6.45, 7) is 8.47. The Balaban J connectivity index is 1.46.